The van der Waals surface area contributed by atoms with E-state index in [1.165, 1.54) is 7.11 Å². The van der Waals surface area contributed by atoms with Gasteiger partial charge < -0.3 is 5.11 Å². The zero-order valence-corrected chi connectivity index (χ0v) is 12.4. The van der Waals surface area contributed by atoms with Crippen molar-refractivity contribution in [2.75, 3.05) is 13.4 Å². The Balaban J connectivity index is 2.19. The highest BCUT2D eigenvalue weighted by Crippen LogP contribution is 2.32. The van der Waals surface area contributed by atoms with Crippen molar-refractivity contribution in [1.29, 1.82) is 0 Å². The first-order valence-corrected chi connectivity index (χ1v) is 7.26. The van der Waals surface area contributed by atoms with Gasteiger partial charge in [-0.05, 0) is 36.6 Å². The van der Waals surface area contributed by atoms with Crippen molar-refractivity contribution < 1.29 is 14.9 Å². The molecule has 0 heterocycles. The molecule has 6 nitrogen and oxygen atoms in total. The molecule has 0 radical (unpaired) electrons. The number of hydrogen-bond acceptors (Lipinski definition) is 6. The number of nitrogens with zero attached hydrogens (tertiary/aromatic N) is 3. The number of azo groups is 1. The van der Waals surface area contributed by atoms with Crippen molar-refractivity contribution >= 4 is 28.8 Å². The summed E-state index contributed by atoms with van der Waals surface area (Å²) >= 11 is 1.55. The number of hydrogen-bond donors (Lipinski definition) is 1. The zero-order chi connectivity index (χ0) is 15.2. The molecular weight excluding hydrogens is 290 g/mol. The highest BCUT2D eigenvalue weighted by atomic mass is 32.2. The number of rotatable bonds is 5. The van der Waals surface area contributed by atoms with Crippen molar-refractivity contribution in [3.8, 4) is 5.75 Å². The predicted molar refractivity (Wildman–Crippen MR) is 80.8 cm³/mol. The first-order valence-electron chi connectivity index (χ1n) is 6.04. The molecule has 0 aromatic heterocycles. The average Bonchev–Trinajstić information content (AvgIpc) is 2.54. The van der Waals surface area contributed by atoms with E-state index in [4.69, 9.17) is 0 Å². The fourth-order valence-corrected chi connectivity index (χ4v) is 2.00. The fourth-order valence-electron chi connectivity index (χ4n) is 1.57. The van der Waals surface area contributed by atoms with Crippen LogP contribution in [0.2, 0.25) is 0 Å². The molecule has 21 heavy (non-hydrogen) atoms. The molecule has 2 rings (SSSR count). The molecule has 0 unspecified atom stereocenters. The van der Waals surface area contributed by atoms with E-state index in [9.17, 15) is 10.0 Å². The minimum Gasteiger partial charge on any atom is -0.506 e. The maximum absolute atomic E-state index is 11.2. The summed E-state index contributed by atoms with van der Waals surface area (Å²) in [6, 6.07) is 11.6. The molecule has 0 aliphatic carbocycles. The Morgan fingerprint density at radius 1 is 1.14 bits per heavy atom. The average molecular weight is 304 g/mol. The molecule has 0 atom stereocenters. The van der Waals surface area contributed by atoms with Crippen LogP contribution in [-0.2, 0) is 4.84 Å². The molecular formula is C14H14N3O3S+. The molecule has 0 aliphatic rings. The van der Waals surface area contributed by atoms with Crippen LogP contribution in [0.4, 0.5) is 17.1 Å². The van der Waals surface area contributed by atoms with Crippen LogP contribution in [0.1, 0.15) is 0 Å². The van der Waals surface area contributed by atoms with Gasteiger partial charge in [0, 0.05) is 17.0 Å². The minimum absolute atomic E-state index is 0.0679. The Morgan fingerprint density at radius 2 is 1.86 bits per heavy atom. The molecule has 2 aromatic carbocycles. The first kappa shape index (κ1) is 15.0. The molecule has 2 aromatic rings. The third-order valence-corrected chi connectivity index (χ3v) is 3.41. The van der Waals surface area contributed by atoms with Gasteiger partial charge in [-0.3, -0.25) is 0 Å². The van der Waals surface area contributed by atoms with Crippen molar-refractivity contribution in [3.63, 3.8) is 0 Å². The summed E-state index contributed by atoms with van der Waals surface area (Å²) in [6.07, 6.45) is 1.94. The number of aromatic hydroxyl groups is 1. The van der Waals surface area contributed by atoms with Gasteiger partial charge in [0.2, 0.25) is 0 Å². The number of phenolic OH excluding ortho intramolecular Hbond substituents is 1. The zero-order valence-electron chi connectivity index (χ0n) is 11.6. The summed E-state index contributed by atoms with van der Waals surface area (Å²) in [4.78, 5) is 17.1. The van der Waals surface area contributed by atoms with Gasteiger partial charge in [-0.15, -0.1) is 16.9 Å². The van der Waals surface area contributed by atoms with Crippen molar-refractivity contribution in [3.05, 3.63) is 47.4 Å². The normalized spacial score (nSPS) is 10.8. The third-order valence-electron chi connectivity index (χ3n) is 2.68. The van der Waals surface area contributed by atoms with Gasteiger partial charge in [0.05, 0.1) is 10.6 Å². The van der Waals surface area contributed by atoms with Crippen LogP contribution >= 0.6 is 11.8 Å². The van der Waals surface area contributed by atoms with Crippen LogP contribution in [-0.4, -0.2) is 23.4 Å². The van der Waals surface area contributed by atoms with E-state index >= 15 is 0 Å². The Kier molecular flexibility index (Phi) is 4.89. The van der Waals surface area contributed by atoms with E-state index in [0.717, 1.165) is 4.90 Å². The number of thioether (sulfide) groups is 1. The van der Waals surface area contributed by atoms with Gasteiger partial charge in [-0.1, -0.05) is 0 Å². The summed E-state index contributed by atoms with van der Waals surface area (Å²) in [5.74, 6) is 0.0679. The third kappa shape index (κ3) is 3.79. The molecule has 1 N–H and O–H groups in total. The lowest BCUT2D eigenvalue weighted by molar-refractivity contribution is -0.736. The summed E-state index contributed by atoms with van der Waals surface area (Å²) < 4.78 is 0. The molecule has 0 fully saturated rings. The summed E-state index contributed by atoms with van der Waals surface area (Å²) in [5, 5.41) is 17.8. The van der Waals surface area contributed by atoms with Gasteiger partial charge in [0.15, 0.2) is 7.11 Å². The molecule has 0 bridgehead atoms. The second-order valence-electron chi connectivity index (χ2n) is 4.01. The SMILES string of the molecule is CO[N+](=O)c1ccc(N=Nc2cc(SC)ccc2O)cc1. The van der Waals surface area contributed by atoms with E-state index in [0.29, 0.717) is 22.0 Å². The van der Waals surface area contributed by atoms with Gasteiger partial charge >= 0.3 is 5.69 Å². The molecule has 7 heteroatoms. The van der Waals surface area contributed by atoms with E-state index in [2.05, 4.69) is 15.1 Å². The second-order valence-corrected chi connectivity index (χ2v) is 4.89. The number of phenols is 1. The smallest absolute Gasteiger partial charge is 0.316 e. The molecule has 108 valence electrons. The summed E-state index contributed by atoms with van der Waals surface area (Å²) in [6.45, 7) is 0. The minimum atomic E-state index is 0.0679. The van der Waals surface area contributed by atoms with E-state index in [1.807, 2.05) is 6.26 Å². The van der Waals surface area contributed by atoms with Crippen molar-refractivity contribution in [2.45, 2.75) is 4.90 Å². The van der Waals surface area contributed by atoms with Gasteiger partial charge in [-0.25, -0.2) is 4.84 Å². The van der Waals surface area contributed by atoms with Crippen LogP contribution in [0, 0.1) is 4.91 Å². The predicted octanol–water partition coefficient (Wildman–Crippen LogP) is 4.50. The summed E-state index contributed by atoms with van der Waals surface area (Å²) in [5.41, 5.74) is 1.33. The van der Waals surface area contributed by atoms with E-state index in [1.54, 1.807) is 54.2 Å². The van der Waals surface area contributed by atoms with Gasteiger partial charge in [0.25, 0.3) is 4.92 Å². The fraction of sp³-hybridized carbons (Fsp3) is 0.143. The van der Waals surface area contributed by atoms with Gasteiger partial charge in [-0.2, -0.15) is 5.11 Å². The van der Waals surface area contributed by atoms with E-state index in [-0.39, 0.29) is 5.75 Å². The standard InChI is InChI=1S/C14H13N3O3S/c1-20-17(19)11-5-3-10(4-6-11)15-16-13-9-12(21-2)7-8-14(13)18/h3-9H,1-2H3/p+1. The highest BCUT2D eigenvalue weighted by molar-refractivity contribution is 7.98. The topological polar surface area (TPSA) is 74.3 Å². The van der Waals surface area contributed by atoms with Crippen LogP contribution in [0.3, 0.4) is 0 Å². The van der Waals surface area contributed by atoms with Gasteiger partial charge in [0.1, 0.15) is 11.4 Å². The lowest BCUT2D eigenvalue weighted by atomic mass is 10.3. The second kappa shape index (κ2) is 6.85. The molecule has 0 saturated carbocycles. The largest absolute Gasteiger partial charge is 0.506 e. The Hall–Kier alpha value is -2.41. The Bertz CT molecular complexity index is 672. The Morgan fingerprint density at radius 3 is 2.48 bits per heavy atom. The van der Waals surface area contributed by atoms with Crippen molar-refractivity contribution in [2.24, 2.45) is 10.2 Å². The van der Waals surface area contributed by atoms with Crippen molar-refractivity contribution in [1.82, 2.24) is 0 Å². The molecule has 0 spiro atoms. The van der Waals surface area contributed by atoms with Crippen LogP contribution < -0.4 is 0 Å². The van der Waals surface area contributed by atoms with E-state index < -0.39 is 0 Å². The molecule has 0 aliphatic heterocycles. The van der Waals surface area contributed by atoms with Crippen LogP contribution in [0.5, 0.6) is 5.75 Å². The maximum atomic E-state index is 11.2. The first-order chi connectivity index (χ1) is 10.1. The lowest BCUT2D eigenvalue weighted by Crippen LogP contribution is -1.96. The number of benzene rings is 2. The Labute approximate surface area is 126 Å². The maximum Gasteiger partial charge on any atom is 0.316 e. The lowest BCUT2D eigenvalue weighted by Gasteiger charge is -2.00. The highest BCUT2D eigenvalue weighted by Gasteiger charge is 2.12. The molecule has 0 amide bonds. The van der Waals surface area contributed by atoms with Crippen LogP contribution in [0.15, 0.2) is 57.6 Å². The summed E-state index contributed by atoms with van der Waals surface area (Å²) in [7, 11) is 1.29. The van der Waals surface area contributed by atoms with Crippen LogP contribution in [0.25, 0.3) is 0 Å². The quantitative estimate of drug-likeness (QED) is 0.501. The molecule has 0 saturated heterocycles. The monoisotopic (exact) mass is 304 g/mol.